The van der Waals surface area contributed by atoms with Crippen LogP contribution in [0.1, 0.15) is 28.5 Å². The fourth-order valence-corrected chi connectivity index (χ4v) is 2.93. The molecule has 1 aromatic heterocycles. The Balaban J connectivity index is 2.33. The highest BCUT2D eigenvalue weighted by Gasteiger charge is 2.20. The van der Waals surface area contributed by atoms with Gasteiger partial charge in [-0.25, -0.2) is 0 Å². The molecular formula is C9H13NOS. The summed E-state index contributed by atoms with van der Waals surface area (Å²) in [7, 11) is 0. The third-order valence-electron chi connectivity index (χ3n) is 2.41. The Morgan fingerprint density at radius 3 is 3.17 bits per heavy atom. The van der Waals surface area contributed by atoms with Crippen molar-refractivity contribution in [3.05, 3.63) is 21.4 Å². The fourth-order valence-electron chi connectivity index (χ4n) is 1.77. The Hall–Kier alpha value is -0.380. The Morgan fingerprint density at radius 1 is 1.58 bits per heavy atom. The smallest absolute Gasteiger partial charge is 0.101 e. The molecule has 2 rings (SSSR count). The average Bonchev–Trinajstić information content (AvgIpc) is 2.62. The Bertz CT molecular complexity index is 282. The zero-order valence-corrected chi connectivity index (χ0v) is 7.73. The van der Waals surface area contributed by atoms with E-state index in [-0.39, 0.29) is 0 Å². The normalized spacial score (nSPS) is 17.8. The van der Waals surface area contributed by atoms with Crippen molar-refractivity contribution in [2.45, 2.75) is 25.4 Å². The molecule has 1 aliphatic rings. The van der Waals surface area contributed by atoms with E-state index in [2.05, 4.69) is 5.38 Å². The molecule has 0 saturated carbocycles. The summed E-state index contributed by atoms with van der Waals surface area (Å²) >= 11 is 1.65. The standard InChI is InChI=1S/C9H13NOS/c10-4-8(11)9-7-3-1-2-6(7)5-12-9/h5,8,11H,1-4,10H2. The van der Waals surface area contributed by atoms with Crippen LogP contribution < -0.4 is 5.73 Å². The molecule has 1 atom stereocenters. The van der Waals surface area contributed by atoms with Crippen LogP contribution in [0.5, 0.6) is 0 Å². The molecule has 12 heavy (non-hydrogen) atoms. The maximum Gasteiger partial charge on any atom is 0.101 e. The van der Waals surface area contributed by atoms with Crippen molar-refractivity contribution in [3.63, 3.8) is 0 Å². The molecule has 1 aliphatic carbocycles. The minimum atomic E-state index is -0.433. The van der Waals surface area contributed by atoms with Crippen LogP contribution in [0.3, 0.4) is 0 Å². The highest BCUT2D eigenvalue weighted by Crippen LogP contribution is 2.34. The van der Waals surface area contributed by atoms with Crippen molar-refractivity contribution >= 4 is 11.3 Å². The molecule has 0 bridgehead atoms. The Labute approximate surface area is 76.0 Å². The summed E-state index contributed by atoms with van der Waals surface area (Å²) in [6.45, 7) is 0.340. The van der Waals surface area contributed by atoms with E-state index in [4.69, 9.17) is 5.73 Å². The van der Waals surface area contributed by atoms with E-state index in [0.29, 0.717) is 6.54 Å². The van der Waals surface area contributed by atoms with Crippen molar-refractivity contribution in [2.75, 3.05) is 6.54 Å². The summed E-state index contributed by atoms with van der Waals surface area (Å²) in [5.74, 6) is 0. The van der Waals surface area contributed by atoms with Gasteiger partial charge in [0.15, 0.2) is 0 Å². The zero-order valence-electron chi connectivity index (χ0n) is 6.92. The van der Waals surface area contributed by atoms with Gasteiger partial charge in [-0.1, -0.05) is 0 Å². The van der Waals surface area contributed by atoms with E-state index in [1.54, 1.807) is 11.3 Å². The minimum absolute atomic E-state index is 0.340. The van der Waals surface area contributed by atoms with Crippen LogP contribution in [0.15, 0.2) is 5.38 Å². The minimum Gasteiger partial charge on any atom is -0.386 e. The lowest BCUT2D eigenvalue weighted by Crippen LogP contribution is -2.11. The molecule has 0 spiro atoms. The van der Waals surface area contributed by atoms with E-state index >= 15 is 0 Å². The molecule has 3 heteroatoms. The number of nitrogens with two attached hydrogens (primary N) is 1. The largest absolute Gasteiger partial charge is 0.386 e. The van der Waals surface area contributed by atoms with Crippen LogP contribution in [0, 0.1) is 0 Å². The van der Waals surface area contributed by atoms with Gasteiger partial charge in [0, 0.05) is 11.4 Å². The van der Waals surface area contributed by atoms with E-state index in [1.165, 1.54) is 24.0 Å². The van der Waals surface area contributed by atoms with Gasteiger partial charge in [-0.2, -0.15) is 0 Å². The molecule has 0 aromatic carbocycles. The summed E-state index contributed by atoms with van der Waals surface area (Å²) in [5.41, 5.74) is 8.22. The number of hydrogen-bond acceptors (Lipinski definition) is 3. The lowest BCUT2D eigenvalue weighted by molar-refractivity contribution is 0.189. The van der Waals surface area contributed by atoms with E-state index in [9.17, 15) is 5.11 Å². The predicted molar refractivity (Wildman–Crippen MR) is 50.4 cm³/mol. The van der Waals surface area contributed by atoms with E-state index < -0.39 is 6.10 Å². The first kappa shape index (κ1) is 8.23. The van der Waals surface area contributed by atoms with E-state index in [1.807, 2.05) is 0 Å². The van der Waals surface area contributed by atoms with Gasteiger partial charge in [0.2, 0.25) is 0 Å². The molecule has 0 fully saturated rings. The molecule has 0 aliphatic heterocycles. The van der Waals surface area contributed by atoms with Gasteiger partial charge in [-0.05, 0) is 35.8 Å². The molecule has 1 heterocycles. The number of thiophene rings is 1. The molecule has 2 nitrogen and oxygen atoms in total. The third-order valence-corrected chi connectivity index (χ3v) is 3.59. The second-order valence-corrected chi connectivity index (χ2v) is 4.12. The highest BCUT2D eigenvalue weighted by molar-refractivity contribution is 7.10. The zero-order chi connectivity index (χ0) is 8.55. The van der Waals surface area contributed by atoms with Crippen molar-refractivity contribution < 1.29 is 5.11 Å². The van der Waals surface area contributed by atoms with Crippen LogP contribution in [0.2, 0.25) is 0 Å². The van der Waals surface area contributed by atoms with Gasteiger partial charge in [-0.15, -0.1) is 11.3 Å². The van der Waals surface area contributed by atoms with Gasteiger partial charge in [-0.3, -0.25) is 0 Å². The Kier molecular flexibility index (Phi) is 2.17. The maximum absolute atomic E-state index is 9.57. The predicted octanol–water partition coefficient (Wildman–Crippen LogP) is 1.23. The second kappa shape index (κ2) is 3.17. The molecule has 0 saturated heterocycles. The van der Waals surface area contributed by atoms with Crippen molar-refractivity contribution in [1.29, 1.82) is 0 Å². The summed E-state index contributed by atoms with van der Waals surface area (Å²) in [4.78, 5) is 1.10. The van der Waals surface area contributed by atoms with Gasteiger partial charge in [0.05, 0.1) is 0 Å². The molecule has 0 radical (unpaired) electrons. The Morgan fingerprint density at radius 2 is 2.42 bits per heavy atom. The lowest BCUT2D eigenvalue weighted by atomic mass is 10.1. The summed E-state index contributed by atoms with van der Waals surface area (Å²) in [5, 5.41) is 11.7. The van der Waals surface area contributed by atoms with Crippen LogP contribution in [-0.2, 0) is 12.8 Å². The summed E-state index contributed by atoms with van der Waals surface area (Å²) in [6.07, 6.45) is 3.12. The maximum atomic E-state index is 9.57. The van der Waals surface area contributed by atoms with Gasteiger partial charge >= 0.3 is 0 Å². The molecule has 66 valence electrons. The van der Waals surface area contributed by atoms with Gasteiger partial charge in [0.25, 0.3) is 0 Å². The van der Waals surface area contributed by atoms with Gasteiger partial charge < -0.3 is 10.8 Å². The van der Waals surface area contributed by atoms with Gasteiger partial charge in [0.1, 0.15) is 6.10 Å². The molecule has 0 amide bonds. The first-order chi connectivity index (χ1) is 5.83. The summed E-state index contributed by atoms with van der Waals surface area (Å²) in [6, 6.07) is 0. The number of rotatable bonds is 2. The van der Waals surface area contributed by atoms with Crippen LogP contribution in [-0.4, -0.2) is 11.7 Å². The lowest BCUT2D eigenvalue weighted by Gasteiger charge is -2.06. The third kappa shape index (κ3) is 1.18. The van der Waals surface area contributed by atoms with Crippen LogP contribution >= 0.6 is 11.3 Å². The SMILES string of the molecule is NCC(O)c1scc2c1CCC2. The van der Waals surface area contributed by atoms with Crippen molar-refractivity contribution in [2.24, 2.45) is 5.73 Å². The fraction of sp³-hybridized carbons (Fsp3) is 0.556. The van der Waals surface area contributed by atoms with Crippen molar-refractivity contribution in [1.82, 2.24) is 0 Å². The van der Waals surface area contributed by atoms with Crippen LogP contribution in [0.25, 0.3) is 0 Å². The molecular weight excluding hydrogens is 170 g/mol. The quantitative estimate of drug-likeness (QED) is 0.724. The monoisotopic (exact) mass is 183 g/mol. The number of hydrogen-bond donors (Lipinski definition) is 2. The summed E-state index contributed by atoms with van der Waals surface area (Å²) < 4.78 is 0. The van der Waals surface area contributed by atoms with Crippen LogP contribution in [0.4, 0.5) is 0 Å². The molecule has 1 aromatic rings. The average molecular weight is 183 g/mol. The van der Waals surface area contributed by atoms with Crippen molar-refractivity contribution in [3.8, 4) is 0 Å². The first-order valence-electron chi connectivity index (χ1n) is 4.30. The number of fused-ring (bicyclic) bond motifs is 1. The molecule has 1 unspecified atom stereocenters. The first-order valence-corrected chi connectivity index (χ1v) is 5.18. The molecule has 3 N–H and O–H groups in total. The topological polar surface area (TPSA) is 46.2 Å². The highest BCUT2D eigenvalue weighted by atomic mass is 32.1. The second-order valence-electron chi connectivity index (χ2n) is 3.21. The number of aliphatic hydroxyl groups is 1. The van der Waals surface area contributed by atoms with E-state index in [0.717, 1.165) is 11.3 Å². The number of aryl methyl sites for hydroxylation is 1. The number of aliphatic hydroxyl groups excluding tert-OH is 1.